The predicted octanol–water partition coefficient (Wildman–Crippen LogP) is 2.44. The quantitative estimate of drug-likeness (QED) is 0.848. The number of aryl methyl sites for hydroxylation is 1. The second-order valence-corrected chi connectivity index (χ2v) is 6.61. The Labute approximate surface area is 153 Å². The third-order valence-electron chi connectivity index (χ3n) is 4.74. The smallest absolute Gasteiger partial charge is 0.274 e. The number of nitrogens with zero attached hydrogens (tertiary/aromatic N) is 4. The molecule has 136 valence electrons. The van der Waals surface area contributed by atoms with Gasteiger partial charge in [0.1, 0.15) is 5.69 Å². The van der Waals surface area contributed by atoms with E-state index in [-0.39, 0.29) is 17.9 Å². The number of hydrogen-bond acceptors (Lipinski definition) is 4. The molecule has 0 saturated carbocycles. The fourth-order valence-corrected chi connectivity index (χ4v) is 3.22. The molecule has 3 rings (SSSR count). The Morgan fingerprint density at radius 3 is 2.62 bits per heavy atom. The van der Waals surface area contributed by atoms with Crippen molar-refractivity contribution >= 4 is 11.8 Å². The summed E-state index contributed by atoms with van der Waals surface area (Å²) in [4.78, 5) is 37.5. The highest BCUT2D eigenvalue weighted by Crippen LogP contribution is 2.19. The summed E-state index contributed by atoms with van der Waals surface area (Å²) < 4.78 is 0. The molecule has 0 bridgehead atoms. The summed E-state index contributed by atoms with van der Waals surface area (Å²) in [7, 11) is 0. The topological polar surface area (TPSA) is 66.4 Å². The van der Waals surface area contributed by atoms with Crippen LogP contribution in [0.1, 0.15) is 41.5 Å². The van der Waals surface area contributed by atoms with Gasteiger partial charge < -0.3 is 9.80 Å². The van der Waals surface area contributed by atoms with Gasteiger partial charge in [-0.05, 0) is 18.9 Å². The van der Waals surface area contributed by atoms with Gasteiger partial charge >= 0.3 is 0 Å². The molecule has 6 nitrogen and oxygen atoms in total. The minimum atomic E-state index is -0.162. The lowest BCUT2D eigenvalue weighted by Gasteiger charge is -2.31. The molecule has 0 N–H and O–H groups in total. The van der Waals surface area contributed by atoms with Crippen molar-refractivity contribution in [3.63, 3.8) is 0 Å². The van der Waals surface area contributed by atoms with Gasteiger partial charge in [-0.15, -0.1) is 0 Å². The lowest BCUT2D eigenvalue weighted by Crippen LogP contribution is -2.44. The molecule has 1 saturated heterocycles. The van der Waals surface area contributed by atoms with Crippen LogP contribution in [0.3, 0.4) is 0 Å². The zero-order valence-corrected chi connectivity index (χ0v) is 15.3. The van der Waals surface area contributed by atoms with Crippen molar-refractivity contribution in [3.05, 3.63) is 59.7 Å². The van der Waals surface area contributed by atoms with Crippen molar-refractivity contribution in [2.45, 2.75) is 39.3 Å². The molecule has 0 radical (unpaired) electrons. The zero-order chi connectivity index (χ0) is 18.5. The number of benzene rings is 1. The van der Waals surface area contributed by atoms with E-state index in [1.807, 2.05) is 42.2 Å². The monoisotopic (exact) mass is 352 g/mol. The third kappa shape index (κ3) is 4.07. The largest absolute Gasteiger partial charge is 0.335 e. The highest BCUT2D eigenvalue weighted by Gasteiger charge is 2.31. The van der Waals surface area contributed by atoms with Gasteiger partial charge in [0, 0.05) is 38.3 Å². The minimum absolute atomic E-state index is 0.00689. The van der Waals surface area contributed by atoms with Crippen LogP contribution in [-0.2, 0) is 11.3 Å². The highest BCUT2D eigenvalue weighted by molar-refractivity contribution is 5.92. The Bertz CT molecular complexity index is 761. The number of rotatable bonds is 4. The van der Waals surface area contributed by atoms with E-state index in [2.05, 4.69) is 16.9 Å². The molecule has 1 aliphatic rings. The van der Waals surface area contributed by atoms with E-state index in [0.717, 1.165) is 17.7 Å². The first kappa shape index (κ1) is 18.0. The molecule has 2 amide bonds. The van der Waals surface area contributed by atoms with E-state index in [4.69, 9.17) is 0 Å². The van der Waals surface area contributed by atoms with E-state index in [1.54, 1.807) is 11.1 Å². The number of aromatic nitrogens is 2. The molecule has 0 spiro atoms. The van der Waals surface area contributed by atoms with Crippen molar-refractivity contribution in [2.24, 2.45) is 0 Å². The van der Waals surface area contributed by atoms with Crippen molar-refractivity contribution in [2.75, 3.05) is 13.1 Å². The zero-order valence-electron chi connectivity index (χ0n) is 15.3. The maximum absolute atomic E-state index is 12.8. The first-order valence-corrected chi connectivity index (χ1v) is 8.99. The molecule has 1 aromatic heterocycles. The second kappa shape index (κ2) is 8.08. The number of carbonyl (C=O) groups is 2. The molecule has 1 unspecified atom stereocenters. The normalized spacial score (nSPS) is 17.9. The van der Waals surface area contributed by atoms with Crippen LogP contribution in [0, 0.1) is 6.92 Å². The standard InChI is InChI=1S/C20H24N4O2/c1-3-17-14-23(20(26)18-12-21-15(2)11-22-18)10-9-19(25)24(17)13-16-7-5-4-6-8-16/h4-8,11-12,17H,3,9-10,13-14H2,1-2H3. The molecule has 6 heteroatoms. The van der Waals surface area contributed by atoms with Crippen LogP contribution >= 0.6 is 0 Å². The molecular formula is C20H24N4O2. The van der Waals surface area contributed by atoms with Crippen LogP contribution in [0.2, 0.25) is 0 Å². The van der Waals surface area contributed by atoms with Gasteiger partial charge in [0.25, 0.3) is 5.91 Å². The summed E-state index contributed by atoms with van der Waals surface area (Å²) >= 11 is 0. The molecule has 26 heavy (non-hydrogen) atoms. The lowest BCUT2D eigenvalue weighted by molar-refractivity contribution is -0.133. The van der Waals surface area contributed by atoms with Crippen LogP contribution < -0.4 is 0 Å². The van der Waals surface area contributed by atoms with E-state index in [0.29, 0.717) is 31.7 Å². The van der Waals surface area contributed by atoms with Crippen LogP contribution in [0.4, 0.5) is 0 Å². The van der Waals surface area contributed by atoms with Gasteiger partial charge in [0.2, 0.25) is 5.91 Å². The average Bonchev–Trinajstić information content (AvgIpc) is 2.82. The lowest BCUT2D eigenvalue weighted by atomic mass is 10.1. The molecule has 1 atom stereocenters. The molecular weight excluding hydrogens is 328 g/mol. The number of amides is 2. The summed E-state index contributed by atoms with van der Waals surface area (Å²) in [6.45, 7) is 5.39. The maximum Gasteiger partial charge on any atom is 0.274 e. The van der Waals surface area contributed by atoms with E-state index in [1.165, 1.54) is 6.20 Å². The summed E-state index contributed by atoms with van der Waals surface area (Å²) in [5.74, 6) is -0.0729. The Morgan fingerprint density at radius 2 is 1.96 bits per heavy atom. The van der Waals surface area contributed by atoms with Crippen LogP contribution in [0.25, 0.3) is 0 Å². The Balaban J connectivity index is 1.77. The molecule has 0 aliphatic carbocycles. The molecule has 2 heterocycles. The van der Waals surface area contributed by atoms with E-state index < -0.39 is 0 Å². The Kier molecular flexibility index (Phi) is 5.61. The molecule has 1 aromatic carbocycles. The van der Waals surface area contributed by atoms with Crippen molar-refractivity contribution in [3.8, 4) is 0 Å². The fraction of sp³-hybridized carbons (Fsp3) is 0.400. The van der Waals surface area contributed by atoms with E-state index >= 15 is 0 Å². The van der Waals surface area contributed by atoms with Crippen LogP contribution in [-0.4, -0.2) is 50.7 Å². The summed E-state index contributed by atoms with van der Waals surface area (Å²) in [5, 5.41) is 0. The van der Waals surface area contributed by atoms with E-state index in [9.17, 15) is 9.59 Å². The van der Waals surface area contributed by atoms with Crippen LogP contribution in [0.15, 0.2) is 42.7 Å². The molecule has 1 fully saturated rings. The Morgan fingerprint density at radius 1 is 1.19 bits per heavy atom. The highest BCUT2D eigenvalue weighted by atomic mass is 16.2. The summed E-state index contributed by atoms with van der Waals surface area (Å²) in [6, 6.07) is 9.96. The first-order valence-electron chi connectivity index (χ1n) is 8.99. The van der Waals surface area contributed by atoms with Gasteiger partial charge in [0.05, 0.1) is 11.9 Å². The number of carbonyl (C=O) groups excluding carboxylic acids is 2. The summed E-state index contributed by atoms with van der Waals surface area (Å²) in [5.41, 5.74) is 2.20. The van der Waals surface area contributed by atoms with Gasteiger partial charge in [0.15, 0.2) is 0 Å². The third-order valence-corrected chi connectivity index (χ3v) is 4.74. The van der Waals surface area contributed by atoms with Gasteiger partial charge in [-0.2, -0.15) is 0 Å². The van der Waals surface area contributed by atoms with Crippen molar-refractivity contribution in [1.29, 1.82) is 0 Å². The fourth-order valence-electron chi connectivity index (χ4n) is 3.22. The summed E-state index contributed by atoms with van der Waals surface area (Å²) in [6.07, 6.45) is 4.22. The predicted molar refractivity (Wildman–Crippen MR) is 98.4 cm³/mol. The number of hydrogen-bond donors (Lipinski definition) is 0. The van der Waals surface area contributed by atoms with Gasteiger partial charge in [-0.25, -0.2) is 4.98 Å². The van der Waals surface area contributed by atoms with Crippen molar-refractivity contribution < 1.29 is 9.59 Å². The average molecular weight is 352 g/mol. The van der Waals surface area contributed by atoms with Gasteiger partial charge in [-0.1, -0.05) is 37.3 Å². The van der Waals surface area contributed by atoms with Crippen LogP contribution in [0.5, 0.6) is 0 Å². The SMILES string of the molecule is CCC1CN(C(=O)c2cnc(C)cn2)CCC(=O)N1Cc1ccccc1. The Hall–Kier alpha value is -2.76. The minimum Gasteiger partial charge on any atom is -0.335 e. The molecule has 2 aromatic rings. The van der Waals surface area contributed by atoms with Gasteiger partial charge in [-0.3, -0.25) is 14.6 Å². The molecule has 1 aliphatic heterocycles. The van der Waals surface area contributed by atoms with Crippen molar-refractivity contribution in [1.82, 2.24) is 19.8 Å². The second-order valence-electron chi connectivity index (χ2n) is 6.61. The maximum atomic E-state index is 12.8. The first-order chi connectivity index (χ1) is 12.6.